The van der Waals surface area contributed by atoms with E-state index in [-0.39, 0.29) is 17.3 Å². The summed E-state index contributed by atoms with van der Waals surface area (Å²) in [5, 5.41) is 11.7. The third kappa shape index (κ3) is 2.10. The highest BCUT2D eigenvalue weighted by Gasteiger charge is 2.19. The lowest BCUT2D eigenvalue weighted by atomic mass is 9.95. The van der Waals surface area contributed by atoms with Gasteiger partial charge in [0.15, 0.2) is 0 Å². The highest BCUT2D eigenvalue weighted by atomic mass is 15.0. The van der Waals surface area contributed by atoms with Crippen LogP contribution in [0.1, 0.15) is 16.7 Å². The molecule has 0 aliphatic carbocycles. The number of hydrogen-bond acceptors (Lipinski definition) is 5. The molecule has 0 saturated heterocycles. The maximum atomic E-state index is 9.50. The summed E-state index contributed by atoms with van der Waals surface area (Å²) in [5.41, 5.74) is 17.4. The Morgan fingerprint density at radius 1 is 1.12 bits per heavy atom. The van der Waals surface area contributed by atoms with Crippen LogP contribution in [0.3, 0.4) is 0 Å². The molecule has 2 heterocycles. The first-order valence-corrected chi connectivity index (χ1v) is 7.85. The van der Waals surface area contributed by atoms with Crippen LogP contribution >= 0.6 is 0 Å². The molecule has 0 fully saturated rings. The van der Waals surface area contributed by atoms with Crippen LogP contribution in [-0.4, -0.2) is 15.0 Å². The van der Waals surface area contributed by atoms with Crippen molar-refractivity contribution < 1.29 is 0 Å². The number of anilines is 2. The van der Waals surface area contributed by atoms with Crippen molar-refractivity contribution in [2.24, 2.45) is 0 Å². The molecule has 5 N–H and O–H groups in total. The van der Waals surface area contributed by atoms with E-state index < -0.39 is 0 Å². The molecule has 2 aromatic carbocycles. The monoisotopic (exact) mass is 328 g/mol. The summed E-state index contributed by atoms with van der Waals surface area (Å²) in [6, 6.07) is 12.3. The summed E-state index contributed by atoms with van der Waals surface area (Å²) < 4.78 is 0. The molecule has 6 heteroatoms. The highest BCUT2D eigenvalue weighted by molar-refractivity contribution is 6.11. The number of fused-ring (bicyclic) bond motifs is 3. The Morgan fingerprint density at radius 2 is 1.88 bits per heavy atom. The smallest absolute Gasteiger partial charge is 0.222 e. The number of nitrogen functional groups attached to an aromatic ring is 2. The molecule has 6 nitrogen and oxygen atoms in total. The molecule has 0 saturated carbocycles. The van der Waals surface area contributed by atoms with Gasteiger partial charge in [-0.25, -0.2) is 4.98 Å². The predicted molar refractivity (Wildman–Crippen MR) is 99.8 cm³/mol. The molecule has 122 valence electrons. The molecule has 0 bridgehead atoms. The summed E-state index contributed by atoms with van der Waals surface area (Å²) in [7, 11) is 0. The summed E-state index contributed by atoms with van der Waals surface area (Å²) in [6.45, 7) is 4.05. The van der Waals surface area contributed by atoms with Crippen molar-refractivity contribution in [1.29, 1.82) is 5.26 Å². The van der Waals surface area contributed by atoms with E-state index in [1.54, 1.807) is 0 Å². The zero-order valence-electron chi connectivity index (χ0n) is 13.9. The van der Waals surface area contributed by atoms with E-state index >= 15 is 0 Å². The first-order valence-electron chi connectivity index (χ1n) is 7.85. The number of H-pyrrole nitrogens is 1. The van der Waals surface area contributed by atoms with Gasteiger partial charge in [0.25, 0.3) is 0 Å². The van der Waals surface area contributed by atoms with Crippen molar-refractivity contribution in [3.63, 3.8) is 0 Å². The third-order valence-corrected chi connectivity index (χ3v) is 4.56. The third-order valence-electron chi connectivity index (χ3n) is 4.56. The largest absolute Gasteiger partial charge is 0.382 e. The molecule has 25 heavy (non-hydrogen) atoms. The van der Waals surface area contributed by atoms with E-state index in [2.05, 4.69) is 33.2 Å². The number of nitrogens with two attached hydrogens (primary N) is 2. The molecule has 0 spiro atoms. The maximum absolute atomic E-state index is 9.50. The Kier molecular flexibility index (Phi) is 3.12. The van der Waals surface area contributed by atoms with Gasteiger partial charge in [0.2, 0.25) is 5.95 Å². The fourth-order valence-corrected chi connectivity index (χ4v) is 3.41. The van der Waals surface area contributed by atoms with Crippen molar-refractivity contribution in [3.05, 3.63) is 47.0 Å². The van der Waals surface area contributed by atoms with Crippen LogP contribution in [0, 0.1) is 25.2 Å². The van der Waals surface area contributed by atoms with E-state index in [0.717, 1.165) is 38.5 Å². The highest BCUT2D eigenvalue weighted by Crippen LogP contribution is 2.37. The number of benzene rings is 2. The standard InChI is InChI=1S/C19H16N6/c1-9-7-12(17-13(8-20)18(21)25-19(22)24-17)10(2)15-11-5-3-4-6-14(11)23-16(9)15/h3-7,23H,1-2H3,(H4,21,22,24,25). The van der Waals surface area contributed by atoms with Gasteiger partial charge in [-0.1, -0.05) is 18.2 Å². The molecular formula is C19H16N6. The van der Waals surface area contributed by atoms with Crippen molar-refractivity contribution in [2.45, 2.75) is 13.8 Å². The second kappa shape index (κ2) is 5.21. The molecule has 0 unspecified atom stereocenters. The lowest BCUT2D eigenvalue weighted by Gasteiger charge is -2.12. The topological polar surface area (TPSA) is 117 Å². The first-order chi connectivity index (χ1) is 12.0. The minimum Gasteiger partial charge on any atom is -0.382 e. The zero-order chi connectivity index (χ0) is 17.7. The van der Waals surface area contributed by atoms with Crippen LogP contribution in [0.5, 0.6) is 0 Å². The Labute approximate surface area is 144 Å². The molecule has 4 aromatic rings. The van der Waals surface area contributed by atoms with Crippen molar-refractivity contribution in [1.82, 2.24) is 15.0 Å². The van der Waals surface area contributed by atoms with Gasteiger partial charge in [-0.15, -0.1) is 0 Å². The number of aryl methyl sites for hydroxylation is 2. The molecule has 0 atom stereocenters. The summed E-state index contributed by atoms with van der Waals surface area (Å²) >= 11 is 0. The second-order valence-corrected chi connectivity index (χ2v) is 6.09. The van der Waals surface area contributed by atoms with E-state index in [1.807, 2.05) is 32.0 Å². The lowest BCUT2D eigenvalue weighted by Crippen LogP contribution is -2.05. The fourth-order valence-electron chi connectivity index (χ4n) is 3.41. The van der Waals surface area contributed by atoms with Crippen LogP contribution < -0.4 is 11.5 Å². The van der Waals surface area contributed by atoms with Crippen molar-refractivity contribution >= 4 is 33.6 Å². The van der Waals surface area contributed by atoms with Gasteiger partial charge < -0.3 is 16.5 Å². The Morgan fingerprint density at radius 3 is 2.64 bits per heavy atom. The minimum absolute atomic E-state index is 0.0579. The number of aromatic nitrogens is 3. The van der Waals surface area contributed by atoms with Crippen LogP contribution in [0.25, 0.3) is 33.1 Å². The van der Waals surface area contributed by atoms with E-state index in [4.69, 9.17) is 11.5 Å². The number of para-hydroxylation sites is 1. The molecule has 0 amide bonds. The van der Waals surface area contributed by atoms with Gasteiger partial charge in [0.1, 0.15) is 17.5 Å². The second-order valence-electron chi connectivity index (χ2n) is 6.09. The van der Waals surface area contributed by atoms with Gasteiger partial charge in [-0.2, -0.15) is 10.2 Å². The SMILES string of the molecule is Cc1cc(-c2nc(N)nc(N)c2C#N)c(C)c2c1[nH]c1ccccc12. The van der Waals surface area contributed by atoms with Crippen molar-refractivity contribution in [2.75, 3.05) is 11.5 Å². The van der Waals surface area contributed by atoms with Crippen LogP contribution in [-0.2, 0) is 0 Å². The quantitative estimate of drug-likeness (QED) is 0.495. The number of rotatable bonds is 1. The van der Waals surface area contributed by atoms with Gasteiger partial charge in [0.05, 0.1) is 5.69 Å². The maximum Gasteiger partial charge on any atom is 0.222 e. The van der Waals surface area contributed by atoms with E-state index in [9.17, 15) is 5.26 Å². The number of nitriles is 1. The average molecular weight is 328 g/mol. The molecular weight excluding hydrogens is 312 g/mol. The van der Waals surface area contributed by atoms with Gasteiger partial charge in [-0.05, 0) is 37.1 Å². The Balaban J connectivity index is 2.16. The first kappa shape index (κ1) is 15.0. The zero-order valence-corrected chi connectivity index (χ0v) is 13.9. The van der Waals surface area contributed by atoms with Crippen LogP contribution in [0.2, 0.25) is 0 Å². The van der Waals surface area contributed by atoms with E-state index in [1.165, 1.54) is 0 Å². The Hall–Kier alpha value is -3.59. The molecule has 0 aliphatic heterocycles. The number of nitrogens with one attached hydrogen (secondary N) is 1. The van der Waals surface area contributed by atoms with Crippen LogP contribution in [0.15, 0.2) is 30.3 Å². The summed E-state index contributed by atoms with van der Waals surface area (Å²) in [5.74, 6) is 0.156. The average Bonchev–Trinajstić information content (AvgIpc) is 2.98. The van der Waals surface area contributed by atoms with Crippen molar-refractivity contribution in [3.8, 4) is 17.3 Å². The Bertz CT molecular complexity index is 1200. The van der Waals surface area contributed by atoms with Gasteiger partial charge >= 0.3 is 0 Å². The normalized spacial score (nSPS) is 11.1. The summed E-state index contributed by atoms with van der Waals surface area (Å²) in [6.07, 6.45) is 0. The number of nitrogens with zero attached hydrogens (tertiary/aromatic N) is 3. The predicted octanol–water partition coefficient (Wildman–Crippen LogP) is 3.43. The molecule has 0 radical (unpaired) electrons. The van der Waals surface area contributed by atoms with Gasteiger partial charge in [-0.3, -0.25) is 0 Å². The van der Waals surface area contributed by atoms with E-state index in [0.29, 0.717) is 5.69 Å². The molecule has 4 rings (SSSR count). The number of aromatic amines is 1. The molecule has 0 aliphatic rings. The van der Waals surface area contributed by atoms with Crippen LogP contribution in [0.4, 0.5) is 11.8 Å². The molecule has 2 aromatic heterocycles. The van der Waals surface area contributed by atoms with Gasteiger partial charge in [0, 0.05) is 27.4 Å². The lowest BCUT2D eigenvalue weighted by molar-refractivity contribution is 1.18. The minimum atomic E-state index is 0.0579. The number of hydrogen-bond donors (Lipinski definition) is 3. The fraction of sp³-hybridized carbons (Fsp3) is 0.105. The summed E-state index contributed by atoms with van der Waals surface area (Å²) in [4.78, 5) is 11.7.